The van der Waals surface area contributed by atoms with Crippen LogP contribution in [0, 0.1) is 0 Å². The Hall–Kier alpha value is -2.19. The van der Waals surface area contributed by atoms with Gasteiger partial charge in [0.1, 0.15) is 12.4 Å². The molecule has 0 atom stereocenters. The first kappa shape index (κ1) is 22.1. The minimum Gasteiger partial charge on any atom is -0.383 e. The number of aryl methyl sites for hydroxylation is 1. The van der Waals surface area contributed by atoms with Crippen molar-refractivity contribution in [3.05, 3.63) is 46.1 Å². The lowest BCUT2D eigenvalue weighted by Crippen LogP contribution is -2.40. The summed E-state index contributed by atoms with van der Waals surface area (Å²) in [6, 6.07) is 9.00. The molecule has 1 aromatic heterocycles. The largest absolute Gasteiger partial charge is 0.383 e. The summed E-state index contributed by atoms with van der Waals surface area (Å²) < 4.78 is 7.41. The van der Waals surface area contributed by atoms with Crippen molar-refractivity contribution in [2.45, 2.75) is 26.2 Å². The number of methoxy groups -OCH3 is 1. The summed E-state index contributed by atoms with van der Waals surface area (Å²) in [6.07, 6.45) is 0. The normalized spacial score (nSPS) is 11.4. The zero-order valence-electron chi connectivity index (χ0n) is 17.0. The van der Waals surface area contributed by atoms with Crippen LogP contribution >= 0.6 is 15.9 Å². The standard InChI is InChI=1S/C20H27BrN4O3/c1-20(2,3)16-12-17(24(4)23-16)22-18(26)13-25(10-11-28-5)19(27)14-8-6-7-9-15(14)21/h6-9,12H,10-11,13H2,1-5H3,(H,22,26). The molecule has 28 heavy (non-hydrogen) atoms. The molecule has 0 aliphatic heterocycles. The van der Waals surface area contributed by atoms with Crippen LogP contribution in [0.3, 0.4) is 0 Å². The van der Waals surface area contributed by atoms with Crippen LogP contribution in [0.4, 0.5) is 5.82 Å². The van der Waals surface area contributed by atoms with E-state index in [1.807, 2.05) is 12.1 Å². The second-order valence-corrected chi connectivity index (χ2v) is 8.39. The van der Waals surface area contributed by atoms with Crippen LogP contribution in [-0.2, 0) is 22.0 Å². The monoisotopic (exact) mass is 450 g/mol. The summed E-state index contributed by atoms with van der Waals surface area (Å²) in [4.78, 5) is 27.0. The van der Waals surface area contributed by atoms with E-state index in [4.69, 9.17) is 4.74 Å². The third-order valence-electron chi connectivity index (χ3n) is 4.21. The maximum Gasteiger partial charge on any atom is 0.255 e. The van der Waals surface area contributed by atoms with Gasteiger partial charge in [0, 0.05) is 36.7 Å². The zero-order valence-corrected chi connectivity index (χ0v) is 18.5. The van der Waals surface area contributed by atoms with Gasteiger partial charge in [-0.15, -0.1) is 0 Å². The van der Waals surface area contributed by atoms with Crippen molar-refractivity contribution in [3.63, 3.8) is 0 Å². The zero-order chi connectivity index (χ0) is 20.9. The van der Waals surface area contributed by atoms with Gasteiger partial charge in [-0.3, -0.25) is 14.3 Å². The number of carbonyl (C=O) groups is 2. The SMILES string of the molecule is COCCN(CC(=O)Nc1cc(C(C)(C)C)nn1C)C(=O)c1ccccc1Br. The van der Waals surface area contributed by atoms with Crippen molar-refractivity contribution >= 4 is 33.6 Å². The molecule has 2 amide bonds. The second-order valence-electron chi connectivity index (χ2n) is 7.54. The quantitative estimate of drug-likeness (QED) is 0.702. The van der Waals surface area contributed by atoms with Crippen molar-refractivity contribution < 1.29 is 14.3 Å². The van der Waals surface area contributed by atoms with Crippen LogP contribution in [0.2, 0.25) is 0 Å². The van der Waals surface area contributed by atoms with Gasteiger partial charge < -0.3 is 15.0 Å². The average molecular weight is 451 g/mol. The van der Waals surface area contributed by atoms with E-state index in [1.165, 1.54) is 4.90 Å². The van der Waals surface area contributed by atoms with Gasteiger partial charge in [0.2, 0.25) is 5.91 Å². The number of nitrogens with zero attached hydrogens (tertiary/aromatic N) is 3. The van der Waals surface area contributed by atoms with Crippen molar-refractivity contribution in [2.75, 3.05) is 32.1 Å². The fourth-order valence-corrected chi connectivity index (χ4v) is 3.02. The first-order chi connectivity index (χ1) is 13.1. The number of anilines is 1. The van der Waals surface area contributed by atoms with E-state index in [0.717, 1.165) is 5.69 Å². The third kappa shape index (κ3) is 5.65. The molecule has 7 nitrogen and oxygen atoms in total. The summed E-state index contributed by atoms with van der Waals surface area (Å²) >= 11 is 3.39. The number of nitrogens with one attached hydrogen (secondary N) is 1. The highest BCUT2D eigenvalue weighted by molar-refractivity contribution is 9.10. The molecular formula is C20H27BrN4O3. The first-order valence-electron chi connectivity index (χ1n) is 9.00. The van der Waals surface area contributed by atoms with Gasteiger partial charge in [-0.05, 0) is 28.1 Å². The van der Waals surface area contributed by atoms with Crippen molar-refractivity contribution in [1.82, 2.24) is 14.7 Å². The topological polar surface area (TPSA) is 76.5 Å². The van der Waals surface area contributed by atoms with Crippen LogP contribution in [0.5, 0.6) is 0 Å². The van der Waals surface area contributed by atoms with Crippen LogP contribution < -0.4 is 5.32 Å². The Labute approximate surface area is 174 Å². The number of benzene rings is 1. The average Bonchev–Trinajstić information content (AvgIpc) is 2.99. The van der Waals surface area contributed by atoms with E-state index in [-0.39, 0.29) is 23.8 Å². The van der Waals surface area contributed by atoms with E-state index in [0.29, 0.717) is 29.0 Å². The summed E-state index contributed by atoms with van der Waals surface area (Å²) in [5.74, 6) is 0.0648. The molecule has 0 saturated carbocycles. The van der Waals surface area contributed by atoms with E-state index in [9.17, 15) is 9.59 Å². The Morgan fingerprint density at radius 3 is 2.54 bits per heavy atom. The minimum atomic E-state index is -0.292. The molecule has 8 heteroatoms. The Morgan fingerprint density at radius 2 is 1.96 bits per heavy atom. The molecule has 0 radical (unpaired) electrons. The number of hydrogen-bond donors (Lipinski definition) is 1. The molecule has 1 heterocycles. The Balaban J connectivity index is 2.14. The highest BCUT2D eigenvalue weighted by Crippen LogP contribution is 2.23. The fourth-order valence-electron chi connectivity index (χ4n) is 2.57. The lowest BCUT2D eigenvalue weighted by atomic mass is 9.92. The second kappa shape index (κ2) is 9.34. The predicted molar refractivity (Wildman–Crippen MR) is 112 cm³/mol. The van der Waals surface area contributed by atoms with Gasteiger partial charge in [0.25, 0.3) is 5.91 Å². The molecule has 2 rings (SSSR count). The molecule has 0 aliphatic rings. The van der Waals surface area contributed by atoms with E-state index in [1.54, 1.807) is 37.0 Å². The lowest BCUT2D eigenvalue weighted by molar-refractivity contribution is -0.117. The lowest BCUT2D eigenvalue weighted by Gasteiger charge is -2.22. The van der Waals surface area contributed by atoms with Gasteiger partial charge in [-0.1, -0.05) is 32.9 Å². The number of carbonyl (C=O) groups excluding carboxylic acids is 2. The van der Waals surface area contributed by atoms with Gasteiger partial charge in [0.15, 0.2) is 0 Å². The predicted octanol–water partition coefficient (Wildman–Crippen LogP) is 3.21. The molecule has 1 N–H and O–H groups in total. The maximum atomic E-state index is 12.9. The number of halogens is 1. The maximum absolute atomic E-state index is 12.9. The molecule has 0 spiro atoms. The molecule has 1 aromatic carbocycles. The van der Waals surface area contributed by atoms with E-state index < -0.39 is 0 Å². The molecule has 0 unspecified atom stereocenters. The fraction of sp³-hybridized carbons (Fsp3) is 0.450. The van der Waals surface area contributed by atoms with Gasteiger partial charge in [0.05, 0.1) is 17.9 Å². The Morgan fingerprint density at radius 1 is 1.29 bits per heavy atom. The smallest absolute Gasteiger partial charge is 0.255 e. The molecule has 0 fully saturated rings. The van der Waals surface area contributed by atoms with E-state index >= 15 is 0 Å². The molecule has 0 aliphatic carbocycles. The molecule has 0 bridgehead atoms. The van der Waals surface area contributed by atoms with Crippen molar-refractivity contribution in [3.8, 4) is 0 Å². The highest BCUT2D eigenvalue weighted by atomic mass is 79.9. The van der Waals surface area contributed by atoms with Crippen LogP contribution in [-0.4, -0.2) is 53.3 Å². The molecule has 2 aromatic rings. The minimum absolute atomic E-state index is 0.0838. The number of hydrogen-bond acceptors (Lipinski definition) is 4. The van der Waals surface area contributed by atoms with Crippen molar-refractivity contribution in [2.24, 2.45) is 7.05 Å². The van der Waals surface area contributed by atoms with Gasteiger partial charge in [-0.2, -0.15) is 5.10 Å². The Bertz CT molecular complexity index is 842. The summed E-state index contributed by atoms with van der Waals surface area (Å²) in [6.45, 7) is 6.74. The number of rotatable bonds is 7. The molecule has 152 valence electrons. The van der Waals surface area contributed by atoms with Crippen molar-refractivity contribution in [1.29, 1.82) is 0 Å². The van der Waals surface area contributed by atoms with Gasteiger partial charge >= 0.3 is 0 Å². The number of amides is 2. The summed E-state index contributed by atoms with van der Waals surface area (Å²) in [7, 11) is 3.34. The third-order valence-corrected chi connectivity index (χ3v) is 4.90. The van der Waals surface area contributed by atoms with Gasteiger partial charge in [-0.25, -0.2) is 0 Å². The highest BCUT2D eigenvalue weighted by Gasteiger charge is 2.23. The molecular weight excluding hydrogens is 424 g/mol. The van der Waals surface area contributed by atoms with Crippen LogP contribution in [0.15, 0.2) is 34.8 Å². The van der Waals surface area contributed by atoms with Crippen LogP contribution in [0.1, 0.15) is 36.8 Å². The van der Waals surface area contributed by atoms with Crippen LogP contribution in [0.25, 0.3) is 0 Å². The summed E-state index contributed by atoms with van der Waals surface area (Å²) in [5, 5.41) is 7.30. The Kier molecular flexibility index (Phi) is 7.37. The first-order valence-corrected chi connectivity index (χ1v) is 9.80. The molecule has 0 saturated heterocycles. The van der Waals surface area contributed by atoms with E-state index in [2.05, 4.69) is 47.1 Å². The number of ether oxygens (including phenoxy) is 1. The summed E-state index contributed by atoms with van der Waals surface area (Å²) in [5.41, 5.74) is 1.26. The number of aromatic nitrogens is 2.